The van der Waals surface area contributed by atoms with Crippen LogP contribution in [-0.2, 0) is 4.79 Å². The highest BCUT2D eigenvalue weighted by atomic mass is 16.3. The van der Waals surface area contributed by atoms with Crippen LogP contribution in [-0.4, -0.2) is 11.0 Å². The minimum atomic E-state index is 0.0787. The molecule has 80 valence electrons. The number of amides is 1. The molecule has 2 rings (SSSR count). The summed E-state index contributed by atoms with van der Waals surface area (Å²) in [5.74, 6) is 0.475. The van der Waals surface area contributed by atoms with Gasteiger partial charge in [-0.1, -0.05) is 12.5 Å². The van der Waals surface area contributed by atoms with Crippen molar-refractivity contribution in [1.29, 1.82) is 0 Å². The number of anilines is 1. The third-order valence-corrected chi connectivity index (χ3v) is 3.04. The molecule has 3 nitrogen and oxygen atoms in total. The van der Waals surface area contributed by atoms with Gasteiger partial charge in [0.15, 0.2) is 0 Å². The Kier molecular flexibility index (Phi) is 2.62. The predicted octanol–water partition coefficient (Wildman–Crippen LogP) is 2.44. The zero-order valence-electron chi connectivity index (χ0n) is 8.79. The molecule has 1 amide bonds. The lowest BCUT2D eigenvalue weighted by Gasteiger charge is -2.24. The number of phenols is 1. The Bertz CT molecular complexity index is 383. The zero-order valence-corrected chi connectivity index (χ0v) is 8.79. The van der Waals surface area contributed by atoms with Crippen LogP contribution in [0, 0.1) is 12.8 Å². The fraction of sp³-hybridized carbons (Fsp3) is 0.417. The summed E-state index contributed by atoms with van der Waals surface area (Å²) in [6, 6.07) is 5.17. The first-order chi connectivity index (χ1) is 7.18. The third-order valence-electron chi connectivity index (χ3n) is 3.04. The monoisotopic (exact) mass is 205 g/mol. The normalized spacial score (nSPS) is 15.8. The van der Waals surface area contributed by atoms with Crippen molar-refractivity contribution in [3.63, 3.8) is 0 Å². The van der Waals surface area contributed by atoms with Crippen molar-refractivity contribution in [2.24, 2.45) is 5.92 Å². The van der Waals surface area contributed by atoms with Crippen LogP contribution in [0.4, 0.5) is 5.69 Å². The van der Waals surface area contributed by atoms with Crippen molar-refractivity contribution in [2.45, 2.75) is 26.2 Å². The van der Waals surface area contributed by atoms with Crippen LogP contribution >= 0.6 is 0 Å². The van der Waals surface area contributed by atoms with E-state index in [-0.39, 0.29) is 17.6 Å². The molecule has 0 saturated heterocycles. The van der Waals surface area contributed by atoms with E-state index < -0.39 is 0 Å². The van der Waals surface area contributed by atoms with E-state index in [2.05, 4.69) is 5.32 Å². The first-order valence-electron chi connectivity index (χ1n) is 5.28. The molecule has 1 aliphatic carbocycles. The van der Waals surface area contributed by atoms with Gasteiger partial charge in [-0.15, -0.1) is 0 Å². The molecule has 0 unspecified atom stereocenters. The van der Waals surface area contributed by atoms with Crippen LogP contribution in [0.2, 0.25) is 0 Å². The summed E-state index contributed by atoms with van der Waals surface area (Å²) in [5, 5.41) is 12.3. The molecule has 0 aliphatic heterocycles. The van der Waals surface area contributed by atoms with Crippen LogP contribution < -0.4 is 5.32 Å². The molecule has 0 aromatic heterocycles. The van der Waals surface area contributed by atoms with Crippen molar-refractivity contribution >= 4 is 11.6 Å². The SMILES string of the molecule is Cc1c(O)cccc1NC(=O)C1CCC1. The van der Waals surface area contributed by atoms with E-state index in [4.69, 9.17) is 0 Å². The molecule has 0 atom stereocenters. The first kappa shape index (κ1) is 10.0. The molecule has 1 aromatic rings. The van der Waals surface area contributed by atoms with Crippen LogP contribution in [0.1, 0.15) is 24.8 Å². The Morgan fingerprint density at radius 2 is 2.20 bits per heavy atom. The number of nitrogens with one attached hydrogen (secondary N) is 1. The summed E-state index contributed by atoms with van der Waals surface area (Å²) >= 11 is 0. The van der Waals surface area contributed by atoms with E-state index in [0.717, 1.165) is 24.8 Å². The summed E-state index contributed by atoms with van der Waals surface area (Å²) < 4.78 is 0. The molecular formula is C12H15NO2. The van der Waals surface area contributed by atoms with E-state index >= 15 is 0 Å². The maximum absolute atomic E-state index is 11.7. The topological polar surface area (TPSA) is 49.3 Å². The van der Waals surface area contributed by atoms with Gasteiger partial charge in [-0.2, -0.15) is 0 Å². The molecule has 2 N–H and O–H groups in total. The fourth-order valence-electron chi connectivity index (χ4n) is 1.66. The van der Waals surface area contributed by atoms with Crippen LogP contribution in [0.15, 0.2) is 18.2 Å². The summed E-state index contributed by atoms with van der Waals surface area (Å²) in [6.07, 6.45) is 3.13. The molecular weight excluding hydrogens is 190 g/mol. The van der Waals surface area contributed by atoms with Gasteiger partial charge < -0.3 is 10.4 Å². The van der Waals surface area contributed by atoms with E-state index in [1.54, 1.807) is 19.1 Å². The molecule has 0 spiro atoms. The fourth-order valence-corrected chi connectivity index (χ4v) is 1.66. The number of hydrogen-bond donors (Lipinski definition) is 2. The maximum Gasteiger partial charge on any atom is 0.227 e. The second-order valence-electron chi connectivity index (χ2n) is 4.07. The number of hydrogen-bond acceptors (Lipinski definition) is 2. The summed E-state index contributed by atoms with van der Waals surface area (Å²) in [4.78, 5) is 11.7. The van der Waals surface area contributed by atoms with Crippen molar-refractivity contribution in [3.05, 3.63) is 23.8 Å². The molecule has 1 saturated carbocycles. The lowest BCUT2D eigenvalue weighted by atomic mass is 9.85. The predicted molar refractivity (Wildman–Crippen MR) is 58.8 cm³/mol. The number of aromatic hydroxyl groups is 1. The summed E-state index contributed by atoms with van der Waals surface area (Å²) in [5.41, 5.74) is 1.44. The Morgan fingerprint density at radius 1 is 1.47 bits per heavy atom. The summed E-state index contributed by atoms with van der Waals surface area (Å²) in [6.45, 7) is 1.80. The van der Waals surface area contributed by atoms with E-state index in [9.17, 15) is 9.90 Å². The number of phenolic OH excluding ortho intramolecular Hbond substituents is 1. The van der Waals surface area contributed by atoms with Gasteiger partial charge in [0.25, 0.3) is 0 Å². The first-order valence-corrected chi connectivity index (χ1v) is 5.28. The zero-order chi connectivity index (χ0) is 10.8. The van der Waals surface area contributed by atoms with E-state index in [1.807, 2.05) is 6.07 Å². The van der Waals surface area contributed by atoms with Crippen LogP contribution in [0.25, 0.3) is 0 Å². The molecule has 1 aromatic carbocycles. The maximum atomic E-state index is 11.7. The number of carbonyl (C=O) groups excluding carboxylic acids is 1. The molecule has 1 fully saturated rings. The van der Waals surface area contributed by atoms with Crippen molar-refractivity contribution in [1.82, 2.24) is 0 Å². The number of rotatable bonds is 2. The average molecular weight is 205 g/mol. The van der Waals surface area contributed by atoms with Gasteiger partial charge in [0, 0.05) is 17.2 Å². The molecule has 0 bridgehead atoms. The molecule has 1 aliphatic rings. The average Bonchev–Trinajstić information content (AvgIpc) is 2.10. The van der Waals surface area contributed by atoms with Gasteiger partial charge >= 0.3 is 0 Å². The smallest absolute Gasteiger partial charge is 0.227 e. The van der Waals surface area contributed by atoms with Gasteiger partial charge in [-0.05, 0) is 31.9 Å². The van der Waals surface area contributed by atoms with Gasteiger partial charge in [-0.3, -0.25) is 4.79 Å². The second kappa shape index (κ2) is 3.93. The highest BCUT2D eigenvalue weighted by Crippen LogP contribution is 2.29. The van der Waals surface area contributed by atoms with Gasteiger partial charge in [0.05, 0.1) is 0 Å². The molecule has 15 heavy (non-hydrogen) atoms. The van der Waals surface area contributed by atoms with Crippen molar-refractivity contribution < 1.29 is 9.90 Å². The number of carbonyl (C=O) groups is 1. The van der Waals surface area contributed by atoms with Crippen molar-refractivity contribution in [2.75, 3.05) is 5.32 Å². The third kappa shape index (κ3) is 1.96. The molecule has 0 radical (unpaired) electrons. The summed E-state index contributed by atoms with van der Waals surface area (Å²) in [7, 11) is 0. The minimum Gasteiger partial charge on any atom is -0.508 e. The largest absolute Gasteiger partial charge is 0.508 e. The highest BCUT2D eigenvalue weighted by Gasteiger charge is 2.25. The minimum absolute atomic E-state index is 0.0787. The second-order valence-corrected chi connectivity index (χ2v) is 4.07. The Morgan fingerprint density at radius 3 is 2.80 bits per heavy atom. The van der Waals surface area contributed by atoms with Gasteiger partial charge in [0.2, 0.25) is 5.91 Å². The van der Waals surface area contributed by atoms with Gasteiger partial charge in [0.1, 0.15) is 5.75 Å². The lowest BCUT2D eigenvalue weighted by molar-refractivity contribution is -0.122. The van der Waals surface area contributed by atoms with Crippen molar-refractivity contribution in [3.8, 4) is 5.75 Å². The Hall–Kier alpha value is -1.51. The highest BCUT2D eigenvalue weighted by molar-refractivity contribution is 5.94. The molecule has 3 heteroatoms. The van der Waals surface area contributed by atoms with Crippen LogP contribution in [0.3, 0.4) is 0 Å². The van der Waals surface area contributed by atoms with E-state index in [0.29, 0.717) is 5.69 Å². The Labute approximate surface area is 89.1 Å². The van der Waals surface area contributed by atoms with Crippen LogP contribution in [0.5, 0.6) is 5.75 Å². The number of benzene rings is 1. The van der Waals surface area contributed by atoms with E-state index in [1.165, 1.54) is 0 Å². The quantitative estimate of drug-likeness (QED) is 0.779. The lowest BCUT2D eigenvalue weighted by Crippen LogP contribution is -2.28. The van der Waals surface area contributed by atoms with Gasteiger partial charge in [-0.25, -0.2) is 0 Å². The Balaban J connectivity index is 2.09. The molecule has 0 heterocycles. The standard InChI is InChI=1S/C12H15NO2/c1-8-10(6-3-7-11(8)14)13-12(15)9-4-2-5-9/h3,6-7,9,14H,2,4-5H2,1H3,(H,13,15).